The van der Waals surface area contributed by atoms with E-state index >= 15 is 0 Å². The fourth-order valence-electron chi connectivity index (χ4n) is 1.87. The Balaban J connectivity index is 3.44. The van der Waals surface area contributed by atoms with E-state index in [1.54, 1.807) is 0 Å². The Morgan fingerprint density at radius 2 is 1.26 bits per heavy atom. The minimum absolute atomic E-state index is 0.170. The predicted molar refractivity (Wildman–Crippen MR) is 70.0 cm³/mol. The maximum Gasteiger partial charge on any atom is 0.429 e. The van der Waals surface area contributed by atoms with E-state index in [9.17, 15) is 53.9 Å². The van der Waals surface area contributed by atoms with E-state index in [2.05, 4.69) is 0 Å². The first-order valence-electron chi connectivity index (χ1n) is 6.43. The van der Waals surface area contributed by atoms with Crippen molar-refractivity contribution in [3.63, 3.8) is 0 Å². The normalized spacial score (nSPS) is 13.4. The lowest BCUT2D eigenvalue weighted by Crippen LogP contribution is -2.75. The molecule has 0 saturated carbocycles. The molecule has 1 rings (SSSR count). The molecule has 1 aromatic heterocycles. The summed E-state index contributed by atoms with van der Waals surface area (Å²) in [5.41, 5.74) is -8.89. The third-order valence-electron chi connectivity index (χ3n) is 3.34. The van der Waals surface area contributed by atoms with Crippen LogP contribution in [0.1, 0.15) is 0 Å². The summed E-state index contributed by atoms with van der Waals surface area (Å²) in [5, 5.41) is 1.02. The van der Waals surface area contributed by atoms with Gasteiger partial charge in [0.2, 0.25) is 0 Å². The van der Waals surface area contributed by atoms with Crippen LogP contribution in [-0.2, 0) is 14.1 Å². The number of hydrogen-bond donors (Lipinski definition) is 2. The highest BCUT2D eigenvalue weighted by Crippen LogP contribution is 2.52. The first-order valence-corrected chi connectivity index (χ1v) is 6.43. The number of nitrogens with zero attached hydrogens (tertiary/aromatic N) is 2. The third kappa shape index (κ3) is 3.73. The van der Waals surface area contributed by atoms with Gasteiger partial charge in [-0.05, 0) is 0 Å². The monoisotopic (exact) mass is 416 g/mol. The molecule has 0 aliphatic rings. The van der Waals surface area contributed by atoms with Crippen LogP contribution in [0.5, 0.6) is 0 Å². The lowest BCUT2D eigenvalue weighted by Gasteiger charge is -2.38. The van der Waals surface area contributed by atoms with Crippen molar-refractivity contribution in [1.82, 2.24) is 14.5 Å². The highest BCUT2D eigenvalue weighted by molar-refractivity contribution is 5.89. The lowest BCUT2D eigenvalue weighted by atomic mass is 9.97. The summed E-state index contributed by atoms with van der Waals surface area (Å²) in [7, 11) is 1.80. The van der Waals surface area contributed by atoms with E-state index in [4.69, 9.17) is 0 Å². The number of carbonyl (C=O) groups is 1. The molecule has 0 saturated heterocycles. The van der Waals surface area contributed by atoms with Gasteiger partial charge in [-0.3, -0.25) is 19.2 Å². The highest BCUT2D eigenvalue weighted by atomic mass is 19.4. The van der Waals surface area contributed by atoms with Crippen LogP contribution >= 0.6 is 0 Å². The summed E-state index contributed by atoms with van der Waals surface area (Å²) in [6.07, 6.45) is -21.0. The standard InChI is InChI=1S/C11H9F9N4O3/c1-23-4(3-5(25)24(2)7(23)27)21-6(26)22-8(9(12,13)14,10(15,16)17)11(18,19)20/h3H,1-2H3,(H2,21,22,26). The lowest BCUT2D eigenvalue weighted by molar-refractivity contribution is -0.386. The van der Waals surface area contributed by atoms with Crippen molar-refractivity contribution in [2.75, 3.05) is 5.32 Å². The van der Waals surface area contributed by atoms with Crippen molar-refractivity contribution >= 4 is 11.8 Å². The Labute approximate surface area is 142 Å². The maximum absolute atomic E-state index is 12.7. The van der Waals surface area contributed by atoms with Crippen LogP contribution in [0.3, 0.4) is 0 Å². The molecule has 1 heterocycles. The zero-order chi connectivity index (χ0) is 21.6. The Kier molecular flexibility index (Phi) is 5.37. The number of hydrogen-bond acceptors (Lipinski definition) is 3. The maximum atomic E-state index is 12.7. The van der Waals surface area contributed by atoms with Gasteiger partial charge in [-0.2, -0.15) is 39.5 Å². The van der Waals surface area contributed by atoms with Crippen LogP contribution in [0.15, 0.2) is 15.7 Å². The fourth-order valence-corrected chi connectivity index (χ4v) is 1.87. The first-order chi connectivity index (χ1) is 11.9. The average molecular weight is 416 g/mol. The molecule has 0 unspecified atom stereocenters. The van der Waals surface area contributed by atoms with E-state index in [1.165, 1.54) is 5.32 Å². The molecule has 7 nitrogen and oxygen atoms in total. The molecule has 2 amide bonds. The molecule has 0 aliphatic heterocycles. The number of alkyl halides is 9. The molecular weight excluding hydrogens is 407 g/mol. The SMILES string of the molecule is Cn1c(NC(=O)NC(C(F)(F)F)(C(F)(F)F)C(F)(F)F)cc(=O)n(C)c1=O. The van der Waals surface area contributed by atoms with Gasteiger partial charge >= 0.3 is 35.8 Å². The third-order valence-corrected chi connectivity index (χ3v) is 3.34. The highest BCUT2D eigenvalue weighted by Gasteiger charge is 2.84. The largest absolute Gasteiger partial charge is 0.429 e. The average Bonchev–Trinajstić information content (AvgIpc) is 2.44. The van der Waals surface area contributed by atoms with Crippen molar-refractivity contribution in [1.29, 1.82) is 0 Å². The van der Waals surface area contributed by atoms with E-state index < -0.39 is 47.2 Å². The summed E-state index contributed by atoms with van der Waals surface area (Å²) in [4.78, 5) is 34.4. The number of aromatic nitrogens is 2. The molecule has 1 aromatic rings. The van der Waals surface area contributed by atoms with E-state index in [-0.39, 0.29) is 5.32 Å². The Morgan fingerprint density at radius 1 is 0.852 bits per heavy atom. The van der Waals surface area contributed by atoms with E-state index in [0.717, 1.165) is 14.1 Å². The van der Waals surface area contributed by atoms with Gasteiger partial charge in [-0.1, -0.05) is 0 Å². The molecule has 16 heteroatoms. The number of anilines is 1. The predicted octanol–water partition coefficient (Wildman–Crippen LogP) is 1.63. The Morgan fingerprint density at radius 3 is 1.63 bits per heavy atom. The first kappa shape index (κ1) is 22.4. The molecule has 0 radical (unpaired) electrons. The zero-order valence-corrected chi connectivity index (χ0v) is 13.1. The summed E-state index contributed by atoms with van der Waals surface area (Å²) in [6, 6.07) is -2.21. The van der Waals surface area contributed by atoms with Crippen molar-refractivity contribution < 1.29 is 44.3 Å². The van der Waals surface area contributed by atoms with E-state index in [1.807, 2.05) is 0 Å². The Bertz CT molecular complexity index is 811. The van der Waals surface area contributed by atoms with Crippen molar-refractivity contribution in [3.8, 4) is 0 Å². The second kappa shape index (κ2) is 6.49. The van der Waals surface area contributed by atoms with Crippen molar-refractivity contribution in [2.45, 2.75) is 24.1 Å². The second-order valence-electron chi connectivity index (χ2n) is 5.09. The van der Waals surface area contributed by atoms with Crippen LogP contribution in [0, 0.1) is 0 Å². The van der Waals surface area contributed by atoms with E-state index in [0.29, 0.717) is 15.2 Å². The van der Waals surface area contributed by atoms with Crippen molar-refractivity contribution in [3.05, 3.63) is 26.9 Å². The van der Waals surface area contributed by atoms with Gasteiger partial charge in [0.25, 0.3) is 5.56 Å². The molecule has 0 bridgehead atoms. The molecule has 0 atom stereocenters. The fraction of sp³-hybridized carbons (Fsp3) is 0.545. The van der Waals surface area contributed by atoms with Crippen LogP contribution in [0.25, 0.3) is 0 Å². The van der Waals surface area contributed by atoms with Crippen LogP contribution < -0.4 is 21.9 Å². The van der Waals surface area contributed by atoms with Gasteiger partial charge in [-0.25, -0.2) is 9.59 Å². The molecule has 2 N–H and O–H groups in total. The Hall–Kier alpha value is -2.68. The quantitative estimate of drug-likeness (QED) is 0.719. The van der Waals surface area contributed by atoms with Gasteiger partial charge in [0.15, 0.2) is 0 Å². The zero-order valence-electron chi connectivity index (χ0n) is 13.1. The second-order valence-corrected chi connectivity index (χ2v) is 5.09. The minimum Gasteiger partial charge on any atom is -0.308 e. The molecule has 0 aliphatic carbocycles. The summed E-state index contributed by atoms with van der Waals surface area (Å²) < 4.78 is 115. The summed E-state index contributed by atoms with van der Waals surface area (Å²) in [6.45, 7) is 0. The number of halogens is 9. The topological polar surface area (TPSA) is 85.1 Å². The summed E-state index contributed by atoms with van der Waals surface area (Å²) in [5.74, 6) is -0.943. The van der Waals surface area contributed by atoms with Gasteiger partial charge in [0.05, 0.1) is 0 Å². The van der Waals surface area contributed by atoms with Crippen LogP contribution in [0.2, 0.25) is 0 Å². The van der Waals surface area contributed by atoms with Gasteiger partial charge in [-0.15, -0.1) is 0 Å². The number of nitrogens with one attached hydrogen (secondary N) is 2. The number of urea groups is 1. The van der Waals surface area contributed by atoms with Gasteiger partial charge < -0.3 is 5.32 Å². The minimum atomic E-state index is -7.01. The smallest absolute Gasteiger partial charge is 0.308 e. The van der Waals surface area contributed by atoms with Crippen LogP contribution in [-0.4, -0.2) is 39.2 Å². The summed E-state index contributed by atoms with van der Waals surface area (Å²) >= 11 is 0. The number of amides is 2. The molecule has 0 spiro atoms. The van der Waals surface area contributed by atoms with Crippen LogP contribution in [0.4, 0.5) is 50.1 Å². The van der Waals surface area contributed by atoms with Gasteiger partial charge in [0.1, 0.15) is 5.82 Å². The molecule has 0 fully saturated rings. The number of rotatable bonds is 2. The number of carbonyl (C=O) groups excluding carboxylic acids is 1. The van der Waals surface area contributed by atoms with Gasteiger partial charge in [0, 0.05) is 20.2 Å². The molecular formula is C11H9F9N4O3. The molecule has 154 valence electrons. The molecule has 0 aromatic carbocycles. The molecule has 27 heavy (non-hydrogen) atoms. The van der Waals surface area contributed by atoms with Crippen molar-refractivity contribution in [2.24, 2.45) is 14.1 Å².